The summed E-state index contributed by atoms with van der Waals surface area (Å²) >= 11 is 0. The number of benzene rings is 2. The average molecular weight is 277 g/mol. The van der Waals surface area contributed by atoms with E-state index in [1.807, 2.05) is 0 Å². The first-order chi connectivity index (χ1) is 9.47. The minimum atomic E-state index is -1.09. The maximum atomic E-state index is 13.1. The lowest BCUT2D eigenvalue weighted by molar-refractivity contribution is -0.138. The summed E-state index contributed by atoms with van der Waals surface area (Å²) in [5, 5.41) is 12.1. The molecule has 0 saturated heterocycles. The molecule has 2 aromatic rings. The maximum Gasteiger partial charge on any atom is 0.330 e. The number of anilines is 1. The molecule has 0 heterocycles. The molecule has 0 aliphatic rings. The molecule has 2 aromatic carbocycles. The fourth-order valence-electron chi connectivity index (χ4n) is 1.95. The molecule has 0 aliphatic heterocycles. The van der Waals surface area contributed by atoms with Crippen molar-refractivity contribution in [2.75, 3.05) is 5.32 Å². The van der Waals surface area contributed by atoms with E-state index in [0.717, 1.165) is 0 Å². The van der Waals surface area contributed by atoms with Gasteiger partial charge in [0.1, 0.15) is 11.6 Å². The number of aliphatic carboxylic acids is 1. The molecule has 104 valence electrons. The third-order valence-electron chi connectivity index (χ3n) is 2.95. The van der Waals surface area contributed by atoms with Gasteiger partial charge in [0.15, 0.2) is 6.04 Å². The zero-order valence-electron chi connectivity index (χ0n) is 10.7. The molecular weight excluding hydrogens is 264 g/mol. The molecule has 0 fully saturated rings. The Morgan fingerprint density at radius 3 is 2.25 bits per heavy atom. The largest absolute Gasteiger partial charge is 0.479 e. The Hall–Kier alpha value is -2.43. The van der Waals surface area contributed by atoms with Crippen molar-refractivity contribution in [2.45, 2.75) is 13.0 Å². The topological polar surface area (TPSA) is 49.3 Å². The van der Waals surface area contributed by atoms with Gasteiger partial charge in [0.2, 0.25) is 0 Å². The molecule has 1 atom stereocenters. The number of halogens is 2. The van der Waals surface area contributed by atoms with Gasteiger partial charge in [-0.05, 0) is 54.4 Å². The number of hydrogen-bond acceptors (Lipinski definition) is 2. The van der Waals surface area contributed by atoms with Crippen molar-refractivity contribution in [1.29, 1.82) is 0 Å². The van der Waals surface area contributed by atoms with Gasteiger partial charge in [0.25, 0.3) is 0 Å². The highest BCUT2D eigenvalue weighted by Crippen LogP contribution is 2.23. The molecule has 0 radical (unpaired) electrons. The molecule has 3 nitrogen and oxygen atoms in total. The number of aryl methyl sites for hydroxylation is 1. The van der Waals surface area contributed by atoms with E-state index in [1.165, 1.54) is 42.5 Å². The minimum absolute atomic E-state index is 0.402. The van der Waals surface area contributed by atoms with E-state index in [-0.39, 0.29) is 0 Å². The average Bonchev–Trinajstić information content (AvgIpc) is 2.39. The predicted octanol–water partition coefficient (Wildman–Crippen LogP) is 3.51. The molecule has 1 unspecified atom stereocenters. The van der Waals surface area contributed by atoms with E-state index >= 15 is 0 Å². The van der Waals surface area contributed by atoms with Gasteiger partial charge in [-0.15, -0.1) is 0 Å². The van der Waals surface area contributed by atoms with Gasteiger partial charge in [0.05, 0.1) is 0 Å². The molecule has 0 bridgehead atoms. The molecule has 2 rings (SSSR count). The first-order valence-electron chi connectivity index (χ1n) is 5.98. The van der Waals surface area contributed by atoms with Gasteiger partial charge in [-0.3, -0.25) is 0 Å². The van der Waals surface area contributed by atoms with Crippen molar-refractivity contribution < 1.29 is 18.7 Å². The number of carboxylic acid groups (broad SMARTS) is 1. The standard InChI is InChI=1S/C15H13F2NO2/c1-9-8-11(17)4-7-13(9)14(15(19)20)18-12-5-2-10(16)3-6-12/h2-8,14,18H,1H3,(H,19,20). The second-order valence-corrected chi connectivity index (χ2v) is 4.42. The summed E-state index contributed by atoms with van der Waals surface area (Å²) in [7, 11) is 0. The predicted molar refractivity (Wildman–Crippen MR) is 71.5 cm³/mol. The molecule has 0 saturated carbocycles. The second-order valence-electron chi connectivity index (χ2n) is 4.42. The number of hydrogen-bond donors (Lipinski definition) is 2. The maximum absolute atomic E-state index is 13.1. The lowest BCUT2D eigenvalue weighted by Gasteiger charge is -2.18. The Bertz CT molecular complexity index is 626. The minimum Gasteiger partial charge on any atom is -0.479 e. The first-order valence-corrected chi connectivity index (χ1v) is 5.98. The smallest absolute Gasteiger partial charge is 0.330 e. The second kappa shape index (κ2) is 5.69. The van der Waals surface area contributed by atoms with Crippen LogP contribution in [0.4, 0.5) is 14.5 Å². The molecule has 5 heteroatoms. The Labute approximate surface area is 114 Å². The summed E-state index contributed by atoms with van der Waals surface area (Å²) in [5.41, 5.74) is 1.47. The summed E-state index contributed by atoms with van der Waals surface area (Å²) in [4.78, 5) is 11.4. The first kappa shape index (κ1) is 14.0. The van der Waals surface area contributed by atoms with Crippen LogP contribution in [0, 0.1) is 18.6 Å². The van der Waals surface area contributed by atoms with Crippen LogP contribution < -0.4 is 5.32 Å². The molecule has 0 amide bonds. The highest BCUT2D eigenvalue weighted by atomic mass is 19.1. The quantitative estimate of drug-likeness (QED) is 0.899. The zero-order chi connectivity index (χ0) is 14.7. The fraction of sp³-hybridized carbons (Fsp3) is 0.133. The van der Waals surface area contributed by atoms with Crippen LogP contribution in [0.2, 0.25) is 0 Å². The number of nitrogens with one attached hydrogen (secondary N) is 1. The van der Waals surface area contributed by atoms with Crippen LogP contribution in [0.25, 0.3) is 0 Å². The summed E-state index contributed by atoms with van der Waals surface area (Å²) < 4.78 is 25.9. The highest BCUT2D eigenvalue weighted by molar-refractivity contribution is 5.79. The molecule has 0 aliphatic carbocycles. The van der Waals surface area contributed by atoms with E-state index in [4.69, 9.17) is 0 Å². The summed E-state index contributed by atoms with van der Waals surface area (Å²) in [6, 6.07) is 8.26. The van der Waals surface area contributed by atoms with Gasteiger partial charge < -0.3 is 10.4 Å². The third-order valence-corrected chi connectivity index (χ3v) is 2.95. The van der Waals surface area contributed by atoms with Crippen LogP contribution in [-0.2, 0) is 4.79 Å². The van der Waals surface area contributed by atoms with Crippen molar-refractivity contribution in [3.63, 3.8) is 0 Å². The number of carboxylic acids is 1. The Kier molecular flexibility index (Phi) is 3.98. The summed E-state index contributed by atoms with van der Waals surface area (Å²) in [5.74, 6) is -1.92. The number of rotatable bonds is 4. The van der Waals surface area contributed by atoms with Crippen molar-refractivity contribution in [2.24, 2.45) is 0 Å². The van der Waals surface area contributed by atoms with Crippen LogP contribution in [0.1, 0.15) is 17.2 Å². The van der Waals surface area contributed by atoms with Gasteiger partial charge in [-0.2, -0.15) is 0 Å². The van der Waals surface area contributed by atoms with Crippen LogP contribution in [0.15, 0.2) is 42.5 Å². The normalized spacial score (nSPS) is 11.9. The summed E-state index contributed by atoms with van der Waals surface area (Å²) in [6.07, 6.45) is 0. The van der Waals surface area contributed by atoms with Gasteiger partial charge in [-0.1, -0.05) is 6.07 Å². The highest BCUT2D eigenvalue weighted by Gasteiger charge is 2.21. The van der Waals surface area contributed by atoms with Gasteiger partial charge in [-0.25, -0.2) is 13.6 Å². The number of carbonyl (C=O) groups is 1. The van der Waals surface area contributed by atoms with Crippen molar-refractivity contribution in [3.8, 4) is 0 Å². The van der Waals surface area contributed by atoms with Crippen LogP contribution in [-0.4, -0.2) is 11.1 Å². The van der Waals surface area contributed by atoms with E-state index in [9.17, 15) is 18.7 Å². The Morgan fingerprint density at radius 1 is 1.10 bits per heavy atom. The van der Waals surface area contributed by atoms with Crippen molar-refractivity contribution in [3.05, 3.63) is 65.2 Å². The van der Waals surface area contributed by atoms with E-state index in [1.54, 1.807) is 6.92 Å². The molecular formula is C15H13F2NO2. The molecule has 2 N–H and O–H groups in total. The molecule has 20 heavy (non-hydrogen) atoms. The summed E-state index contributed by atoms with van der Waals surface area (Å²) in [6.45, 7) is 1.64. The third kappa shape index (κ3) is 3.12. The van der Waals surface area contributed by atoms with Gasteiger partial charge in [0, 0.05) is 5.69 Å². The lowest BCUT2D eigenvalue weighted by atomic mass is 10.0. The van der Waals surface area contributed by atoms with Gasteiger partial charge >= 0.3 is 5.97 Å². The zero-order valence-corrected chi connectivity index (χ0v) is 10.7. The Morgan fingerprint density at radius 2 is 1.70 bits per heavy atom. The Balaban J connectivity index is 2.31. The lowest BCUT2D eigenvalue weighted by Crippen LogP contribution is -2.21. The van der Waals surface area contributed by atoms with Crippen molar-refractivity contribution >= 4 is 11.7 Å². The van der Waals surface area contributed by atoms with E-state index in [2.05, 4.69) is 5.32 Å². The SMILES string of the molecule is Cc1cc(F)ccc1C(Nc1ccc(F)cc1)C(=O)O. The molecule has 0 aromatic heterocycles. The molecule has 0 spiro atoms. The fourth-order valence-corrected chi connectivity index (χ4v) is 1.95. The monoisotopic (exact) mass is 277 g/mol. The van der Waals surface area contributed by atoms with E-state index < -0.39 is 23.6 Å². The van der Waals surface area contributed by atoms with Crippen LogP contribution in [0.5, 0.6) is 0 Å². The van der Waals surface area contributed by atoms with E-state index in [0.29, 0.717) is 16.8 Å². The van der Waals surface area contributed by atoms with Crippen LogP contribution in [0.3, 0.4) is 0 Å². The van der Waals surface area contributed by atoms with Crippen LogP contribution >= 0.6 is 0 Å². The van der Waals surface area contributed by atoms with Crippen molar-refractivity contribution in [1.82, 2.24) is 0 Å².